The van der Waals surface area contributed by atoms with Gasteiger partial charge in [0.1, 0.15) is 0 Å². The molecule has 0 fully saturated rings. The molecule has 4 rings (SSSR count). The van der Waals surface area contributed by atoms with E-state index in [1.165, 1.54) is 56.8 Å². The number of thiazole rings is 1. The number of thiophene rings is 1. The fourth-order valence-corrected chi connectivity index (χ4v) is 6.47. The predicted octanol–water partition coefficient (Wildman–Crippen LogP) is 6.09. The number of carboxylic acid groups (broad SMARTS) is 1. The second-order valence-electron chi connectivity index (χ2n) is 7.71. The Kier molecular flexibility index (Phi) is 6.64. The molecule has 0 aliphatic rings. The van der Waals surface area contributed by atoms with Gasteiger partial charge in [-0.1, -0.05) is 44.2 Å². The number of carbonyl (C=O) groups is 1. The Morgan fingerprint density at radius 2 is 1.73 bits per heavy atom. The highest BCUT2D eigenvalue weighted by Crippen LogP contribution is 2.33. The van der Waals surface area contributed by atoms with E-state index in [0.717, 1.165) is 10.4 Å². The van der Waals surface area contributed by atoms with Crippen LogP contribution in [-0.2, 0) is 16.6 Å². The van der Waals surface area contributed by atoms with Crippen LogP contribution in [0.15, 0.2) is 76.3 Å². The maximum Gasteiger partial charge on any atom is 0.335 e. The van der Waals surface area contributed by atoms with Crippen molar-refractivity contribution in [3.63, 3.8) is 0 Å². The SMILES string of the molecule is CC(C)c1ccc(-c2csc(N(Cc3cccs3)S(=O)(=O)c3ccc(C(=O)O)cc3)n2)cc1. The summed E-state index contributed by atoms with van der Waals surface area (Å²) >= 11 is 2.72. The van der Waals surface area contributed by atoms with E-state index in [2.05, 4.69) is 31.0 Å². The Labute approximate surface area is 200 Å². The van der Waals surface area contributed by atoms with E-state index < -0.39 is 16.0 Å². The summed E-state index contributed by atoms with van der Waals surface area (Å²) in [6.45, 7) is 4.40. The summed E-state index contributed by atoms with van der Waals surface area (Å²) in [6, 6.07) is 17.1. The smallest absolute Gasteiger partial charge is 0.335 e. The normalized spacial score (nSPS) is 11.6. The molecule has 0 saturated heterocycles. The van der Waals surface area contributed by atoms with E-state index in [1.807, 2.05) is 35.0 Å². The van der Waals surface area contributed by atoms with Crippen LogP contribution in [0.1, 0.15) is 40.6 Å². The summed E-state index contributed by atoms with van der Waals surface area (Å²) in [7, 11) is -3.96. The standard InChI is InChI=1S/C24H22N2O4S3/c1-16(2)17-5-7-18(8-6-17)22-15-32-24(25-22)26(14-20-4-3-13-31-20)33(29,30)21-11-9-19(10-12-21)23(27)28/h3-13,15-16H,14H2,1-2H3,(H,27,28). The summed E-state index contributed by atoms with van der Waals surface area (Å²) in [6.07, 6.45) is 0. The lowest BCUT2D eigenvalue weighted by atomic mass is 10.0. The Balaban J connectivity index is 1.71. The number of sulfonamides is 1. The average molecular weight is 499 g/mol. The number of benzene rings is 2. The third-order valence-corrected chi connectivity index (χ3v) is 8.74. The molecule has 0 atom stereocenters. The van der Waals surface area contributed by atoms with Crippen molar-refractivity contribution in [3.05, 3.63) is 87.4 Å². The Morgan fingerprint density at radius 3 is 2.30 bits per heavy atom. The molecule has 0 spiro atoms. The first kappa shape index (κ1) is 23.2. The van der Waals surface area contributed by atoms with Crippen LogP contribution >= 0.6 is 22.7 Å². The van der Waals surface area contributed by atoms with E-state index in [9.17, 15) is 13.2 Å². The molecule has 0 saturated carbocycles. The summed E-state index contributed by atoms with van der Waals surface area (Å²) < 4.78 is 28.4. The fourth-order valence-electron chi connectivity index (χ4n) is 3.25. The maximum atomic E-state index is 13.6. The van der Waals surface area contributed by atoms with Crippen molar-refractivity contribution in [2.45, 2.75) is 31.2 Å². The molecule has 33 heavy (non-hydrogen) atoms. The van der Waals surface area contributed by atoms with Crippen LogP contribution in [-0.4, -0.2) is 24.5 Å². The minimum Gasteiger partial charge on any atom is -0.478 e. The van der Waals surface area contributed by atoms with Crippen LogP contribution in [0.5, 0.6) is 0 Å². The molecule has 9 heteroatoms. The third kappa shape index (κ3) is 5.00. The van der Waals surface area contributed by atoms with Gasteiger partial charge in [-0.15, -0.1) is 22.7 Å². The first-order chi connectivity index (χ1) is 15.8. The van der Waals surface area contributed by atoms with Gasteiger partial charge < -0.3 is 5.11 Å². The van der Waals surface area contributed by atoms with E-state index in [4.69, 9.17) is 5.11 Å². The number of aromatic carboxylic acids is 1. The highest BCUT2D eigenvalue weighted by atomic mass is 32.2. The zero-order chi connectivity index (χ0) is 23.6. The van der Waals surface area contributed by atoms with Crippen molar-refractivity contribution >= 4 is 43.8 Å². The molecule has 2 aromatic heterocycles. The zero-order valence-corrected chi connectivity index (χ0v) is 20.5. The molecule has 1 N–H and O–H groups in total. The van der Waals surface area contributed by atoms with Crippen molar-refractivity contribution in [3.8, 4) is 11.3 Å². The third-order valence-electron chi connectivity index (χ3n) is 5.15. The van der Waals surface area contributed by atoms with Crippen LogP contribution in [0.4, 0.5) is 5.13 Å². The van der Waals surface area contributed by atoms with Gasteiger partial charge >= 0.3 is 5.97 Å². The number of carboxylic acids is 1. The van der Waals surface area contributed by atoms with Gasteiger partial charge in [-0.05, 0) is 47.2 Å². The van der Waals surface area contributed by atoms with Crippen molar-refractivity contribution in [1.82, 2.24) is 4.98 Å². The number of rotatable bonds is 8. The summed E-state index contributed by atoms with van der Waals surface area (Å²) in [5.74, 6) is -0.688. The van der Waals surface area contributed by atoms with Crippen LogP contribution in [0, 0.1) is 0 Å². The molecule has 0 aliphatic heterocycles. The largest absolute Gasteiger partial charge is 0.478 e. The van der Waals surface area contributed by atoms with Gasteiger partial charge in [0.15, 0.2) is 5.13 Å². The summed E-state index contributed by atoms with van der Waals surface area (Å²) in [5, 5.41) is 13.2. The second-order valence-corrected chi connectivity index (χ2v) is 11.4. The number of hydrogen-bond donors (Lipinski definition) is 1. The Hall–Kier alpha value is -3.01. The maximum absolute atomic E-state index is 13.6. The monoisotopic (exact) mass is 498 g/mol. The number of nitrogens with zero attached hydrogens (tertiary/aromatic N) is 2. The molecule has 0 unspecified atom stereocenters. The molecule has 6 nitrogen and oxygen atoms in total. The Bertz CT molecular complexity index is 1340. The zero-order valence-electron chi connectivity index (χ0n) is 18.0. The molecule has 0 amide bonds. The quantitative estimate of drug-likeness (QED) is 0.318. The van der Waals surface area contributed by atoms with E-state index in [-0.39, 0.29) is 17.0 Å². The topological polar surface area (TPSA) is 87.6 Å². The van der Waals surface area contributed by atoms with Crippen LogP contribution in [0.2, 0.25) is 0 Å². The van der Waals surface area contributed by atoms with Gasteiger partial charge in [-0.25, -0.2) is 22.5 Å². The van der Waals surface area contributed by atoms with Crippen molar-refractivity contribution in [2.24, 2.45) is 0 Å². The van der Waals surface area contributed by atoms with Crippen molar-refractivity contribution in [2.75, 3.05) is 4.31 Å². The van der Waals surface area contributed by atoms with E-state index in [0.29, 0.717) is 16.7 Å². The van der Waals surface area contributed by atoms with Gasteiger partial charge in [0.25, 0.3) is 10.0 Å². The fraction of sp³-hybridized carbons (Fsp3) is 0.167. The first-order valence-corrected chi connectivity index (χ1v) is 13.4. The van der Waals surface area contributed by atoms with Gasteiger partial charge in [0.2, 0.25) is 0 Å². The van der Waals surface area contributed by atoms with Crippen LogP contribution in [0.25, 0.3) is 11.3 Å². The van der Waals surface area contributed by atoms with Gasteiger partial charge in [0.05, 0.1) is 22.7 Å². The van der Waals surface area contributed by atoms with Crippen molar-refractivity contribution in [1.29, 1.82) is 0 Å². The lowest BCUT2D eigenvalue weighted by molar-refractivity contribution is 0.0696. The first-order valence-electron chi connectivity index (χ1n) is 10.2. The highest BCUT2D eigenvalue weighted by molar-refractivity contribution is 7.93. The predicted molar refractivity (Wildman–Crippen MR) is 133 cm³/mol. The van der Waals surface area contributed by atoms with E-state index in [1.54, 1.807) is 0 Å². The number of anilines is 1. The number of hydrogen-bond acceptors (Lipinski definition) is 6. The molecule has 0 aliphatic carbocycles. The molecule has 0 bridgehead atoms. The second kappa shape index (κ2) is 9.46. The lowest BCUT2D eigenvalue weighted by Gasteiger charge is -2.21. The van der Waals surface area contributed by atoms with Gasteiger partial charge in [-0.3, -0.25) is 0 Å². The summed E-state index contributed by atoms with van der Waals surface area (Å²) in [4.78, 5) is 16.7. The molecule has 0 radical (unpaired) electrons. The Morgan fingerprint density at radius 1 is 1.03 bits per heavy atom. The highest BCUT2D eigenvalue weighted by Gasteiger charge is 2.28. The van der Waals surface area contributed by atoms with Crippen LogP contribution < -0.4 is 4.31 Å². The molecule has 2 heterocycles. The lowest BCUT2D eigenvalue weighted by Crippen LogP contribution is -2.30. The average Bonchev–Trinajstić information content (AvgIpc) is 3.49. The van der Waals surface area contributed by atoms with Crippen LogP contribution in [0.3, 0.4) is 0 Å². The molecular formula is C24H22N2O4S3. The van der Waals surface area contributed by atoms with E-state index >= 15 is 0 Å². The number of aromatic nitrogens is 1. The summed E-state index contributed by atoms with van der Waals surface area (Å²) in [5.41, 5.74) is 2.88. The molecular weight excluding hydrogens is 476 g/mol. The minimum atomic E-state index is -3.96. The molecule has 2 aromatic carbocycles. The van der Waals surface area contributed by atoms with Gasteiger partial charge in [-0.2, -0.15) is 0 Å². The minimum absolute atomic E-state index is 0.0158. The molecule has 170 valence electrons. The molecule has 4 aromatic rings. The van der Waals surface area contributed by atoms with Gasteiger partial charge in [0, 0.05) is 15.8 Å². The van der Waals surface area contributed by atoms with Crippen molar-refractivity contribution < 1.29 is 18.3 Å².